The van der Waals surface area contributed by atoms with E-state index < -0.39 is 0 Å². The van der Waals surface area contributed by atoms with Crippen molar-refractivity contribution in [2.24, 2.45) is 5.41 Å². The first kappa shape index (κ1) is 12.6. The van der Waals surface area contributed by atoms with Crippen LogP contribution in [0.5, 0.6) is 0 Å². The second-order valence-corrected chi connectivity index (χ2v) is 6.32. The van der Waals surface area contributed by atoms with Gasteiger partial charge in [0.2, 0.25) is 0 Å². The zero-order valence-corrected chi connectivity index (χ0v) is 12.2. The van der Waals surface area contributed by atoms with E-state index in [0.29, 0.717) is 16.5 Å². The Morgan fingerprint density at radius 3 is 2.37 bits per heavy atom. The van der Waals surface area contributed by atoms with Gasteiger partial charge in [0.25, 0.3) is 0 Å². The largest absolute Gasteiger partial charge is 0.232 e. The maximum atomic E-state index is 6.28. The van der Waals surface area contributed by atoms with E-state index in [0.717, 1.165) is 29.1 Å². The van der Waals surface area contributed by atoms with Crippen molar-refractivity contribution in [3.8, 4) is 11.3 Å². The summed E-state index contributed by atoms with van der Waals surface area (Å²) >= 11 is 6.28. The Kier molecular flexibility index (Phi) is 2.86. The van der Waals surface area contributed by atoms with E-state index in [4.69, 9.17) is 16.6 Å². The molecule has 0 radical (unpaired) electrons. The Bertz CT molecular complexity index is 620. The highest BCUT2D eigenvalue weighted by Crippen LogP contribution is 2.57. The van der Waals surface area contributed by atoms with Gasteiger partial charge < -0.3 is 0 Å². The molecule has 2 nitrogen and oxygen atoms in total. The minimum atomic E-state index is 0.312. The SMILES string of the molecule is Cc1c(Cl)nc(C2CC2(C)C)nc1-c1ccccc1. The van der Waals surface area contributed by atoms with Crippen LogP contribution in [0.2, 0.25) is 5.15 Å². The zero-order valence-electron chi connectivity index (χ0n) is 11.4. The van der Waals surface area contributed by atoms with Crippen LogP contribution in [0.15, 0.2) is 30.3 Å². The highest BCUT2D eigenvalue weighted by molar-refractivity contribution is 6.30. The van der Waals surface area contributed by atoms with Gasteiger partial charge in [0.1, 0.15) is 11.0 Å². The van der Waals surface area contributed by atoms with E-state index >= 15 is 0 Å². The van der Waals surface area contributed by atoms with Crippen LogP contribution in [0.1, 0.15) is 37.6 Å². The van der Waals surface area contributed by atoms with Crippen molar-refractivity contribution >= 4 is 11.6 Å². The molecular formula is C16H17ClN2. The molecule has 19 heavy (non-hydrogen) atoms. The van der Waals surface area contributed by atoms with E-state index in [1.54, 1.807) is 0 Å². The van der Waals surface area contributed by atoms with Crippen LogP contribution in [0.3, 0.4) is 0 Å². The quantitative estimate of drug-likeness (QED) is 0.746. The summed E-state index contributed by atoms with van der Waals surface area (Å²) in [7, 11) is 0. The molecule has 1 aromatic heterocycles. The number of hydrogen-bond donors (Lipinski definition) is 0. The molecule has 1 fully saturated rings. The van der Waals surface area contributed by atoms with Crippen LogP contribution < -0.4 is 0 Å². The van der Waals surface area contributed by atoms with Gasteiger partial charge in [-0.3, -0.25) is 0 Å². The normalized spacial score (nSPS) is 20.3. The molecular weight excluding hydrogens is 256 g/mol. The van der Waals surface area contributed by atoms with E-state index in [1.165, 1.54) is 0 Å². The Balaban J connectivity index is 2.10. The zero-order chi connectivity index (χ0) is 13.6. The molecule has 0 amide bonds. The Labute approximate surface area is 118 Å². The van der Waals surface area contributed by atoms with Gasteiger partial charge >= 0.3 is 0 Å². The van der Waals surface area contributed by atoms with Crippen molar-refractivity contribution < 1.29 is 0 Å². The van der Waals surface area contributed by atoms with Crippen molar-refractivity contribution in [3.63, 3.8) is 0 Å². The summed E-state index contributed by atoms with van der Waals surface area (Å²) in [5.74, 6) is 1.33. The standard InChI is InChI=1S/C16H17ClN2/c1-10-13(11-7-5-4-6-8-11)18-15(19-14(10)17)12-9-16(12,2)3/h4-8,12H,9H2,1-3H3. The second kappa shape index (κ2) is 4.31. The highest BCUT2D eigenvalue weighted by Gasteiger charge is 2.48. The average molecular weight is 273 g/mol. The fourth-order valence-electron chi connectivity index (χ4n) is 2.45. The first-order valence-electron chi connectivity index (χ1n) is 6.58. The van der Waals surface area contributed by atoms with E-state index in [2.05, 4.69) is 31.0 Å². The first-order valence-corrected chi connectivity index (χ1v) is 6.96. The molecule has 1 aromatic carbocycles. The van der Waals surface area contributed by atoms with Gasteiger partial charge in [-0.05, 0) is 18.8 Å². The third kappa shape index (κ3) is 2.25. The number of nitrogens with zero attached hydrogens (tertiary/aromatic N) is 2. The van der Waals surface area contributed by atoms with Crippen molar-refractivity contribution in [2.75, 3.05) is 0 Å². The van der Waals surface area contributed by atoms with Gasteiger partial charge in [0.15, 0.2) is 0 Å². The average Bonchev–Trinajstić information content (AvgIpc) is 3.03. The first-order chi connectivity index (χ1) is 8.99. The predicted molar refractivity (Wildman–Crippen MR) is 78.4 cm³/mol. The molecule has 1 unspecified atom stereocenters. The minimum Gasteiger partial charge on any atom is -0.232 e. The fraction of sp³-hybridized carbons (Fsp3) is 0.375. The molecule has 98 valence electrons. The summed E-state index contributed by atoms with van der Waals surface area (Å²) in [6, 6.07) is 10.2. The van der Waals surface area contributed by atoms with E-state index in [9.17, 15) is 0 Å². The molecule has 0 spiro atoms. The molecule has 0 saturated heterocycles. The lowest BCUT2D eigenvalue weighted by molar-refractivity contribution is 0.608. The smallest absolute Gasteiger partial charge is 0.136 e. The van der Waals surface area contributed by atoms with Gasteiger partial charge in [-0.1, -0.05) is 55.8 Å². The van der Waals surface area contributed by atoms with Crippen molar-refractivity contribution in [1.29, 1.82) is 0 Å². The Morgan fingerprint density at radius 2 is 1.79 bits per heavy atom. The lowest BCUT2D eigenvalue weighted by Gasteiger charge is -2.10. The number of hydrogen-bond acceptors (Lipinski definition) is 2. The monoisotopic (exact) mass is 272 g/mol. The van der Waals surface area contributed by atoms with Crippen molar-refractivity contribution in [2.45, 2.75) is 33.1 Å². The Morgan fingerprint density at radius 1 is 1.16 bits per heavy atom. The summed E-state index contributed by atoms with van der Waals surface area (Å²) < 4.78 is 0. The fourth-order valence-corrected chi connectivity index (χ4v) is 2.62. The van der Waals surface area contributed by atoms with Crippen LogP contribution >= 0.6 is 11.6 Å². The van der Waals surface area contributed by atoms with Crippen LogP contribution in [0, 0.1) is 12.3 Å². The lowest BCUT2D eigenvalue weighted by atomic mass is 10.1. The summed E-state index contributed by atoms with van der Waals surface area (Å²) in [6.45, 7) is 6.47. The molecule has 2 aromatic rings. The van der Waals surface area contributed by atoms with Crippen molar-refractivity contribution in [1.82, 2.24) is 9.97 Å². The van der Waals surface area contributed by atoms with Gasteiger partial charge in [-0.25, -0.2) is 9.97 Å². The molecule has 1 saturated carbocycles. The van der Waals surface area contributed by atoms with Crippen LogP contribution in [-0.4, -0.2) is 9.97 Å². The van der Waals surface area contributed by atoms with Crippen LogP contribution in [0.25, 0.3) is 11.3 Å². The molecule has 3 rings (SSSR count). The van der Waals surface area contributed by atoms with Crippen molar-refractivity contribution in [3.05, 3.63) is 46.9 Å². The molecule has 0 aliphatic heterocycles. The maximum Gasteiger partial charge on any atom is 0.136 e. The predicted octanol–water partition coefficient (Wildman–Crippen LogP) is 4.62. The van der Waals surface area contributed by atoms with Crippen LogP contribution in [-0.2, 0) is 0 Å². The minimum absolute atomic E-state index is 0.312. The molecule has 1 aliphatic rings. The van der Waals surface area contributed by atoms with E-state index in [-0.39, 0.29) is 0 Å². The molecule has 0 N–H and O–H groups in total. The second-order valence-electron chi connectivity index (χ2n) is 5.96. The third-order valence-corrected chi connectivity index (χ3v) is 4.34. The summed E-state index contributed by atoms with van der Waals surface area (Å²) in [4.78, 5) is 9.24. The maximum absolute atomic E-state index is 6.28. The molecule has 1 aliphatic carbocycles. The lowest BCUT2D eigenvalue weighted by Crippen LogP contribution is -2.02. The molecule has 1 atom stereocenters. The summed E-state index contributed by atoms with van der Waals surface area (Å²) in [6.07, 6.45) is 1.14. The van der Waals surface area contributed by atoms with Gasteiger partial charge in [0.05, 0.1) is 5.69 Å². The highest BCUT2D eigenvalue weighted by atomic mass is 35.5. The van der Waals surface area contributed by atoms with Gasteiger partial charge in [0, 0.05) is 17.0 Å². The number of aromatic nitrogens is 2. The molecule has 0 bridgehead atoms. The molecule has 1 heterocycles. The number of rotatable bonds is 2. The van der Waals surface area contributed by atoms with Gasteiger partial charge in [-0.15, -0.1) is 0 Å². The van der Waals surface area contributed by atoms with Gasteiger partial charge in [-0.2, -0.15) is 0 Å². The number of benzene rings is 1. The third-order valence-electron chi connectivity index (χ3n) is 3.98. The van der Waals surface area contributed by atoms with Crippen LogP contribution in [0.4, 0.5) is 0 Å². The Hall–Kier alpha value is -1.41. The summed E-state index contributed by atoms with van der Waals surface area (Å²) in [5.41, 5.74) is 3.32. The molecule has 3 heteroatoms. The summed E-state index contributed by atoms with van der Waals surface area (Å²) in [5, 5.41) is 0.576. The number of halogens is 1. The van der Waals surface area contributed by atoms with E-state index in [1.807, 2.05) is 25.1 Å². The topological polar surface area (TPSA) is 25.8 Å².